The van der Waals surface area contributed by atoms with Crippen LogP contribution in [0.1, 0.15) is 27.7 Å². The molecule has 0 atom stereocenters. The summed E-state index contributed by atoms with van der Waals surface area (Å²) in [6, 6.07) is 6.97. The average Bonchev–Trinajstić information content (AvgIpc) is 2.15. The summed E-state index contributed by atoms with van der Waals surface area (Å²) >= 11 is 3.18. The smallest absolute Gasteiger partial charge is 0.423 e. The zero-order valence-corrected chi connectivity index (χ0v) is 12.6. The summed E-state index contributed by atoms with van der Waals surface area (Å²) < 4.78 is 0.713. The molecule has 0 amide bonds. The third-order valence-electron chi connectivity index (χ3n) is 2.68. The van der Waals surface area contributed by atoms with Crippen molar-refractivity contribution in [3.8, 4) is 0 Å². The molecule has 18 heavy (non-hydrogen) atoms. The summed E-state index contributed by atoms with van der Waals surface area (Å²) in [7, 11) is -1.39. The minimum Gasteiger partial charge on any atom is -0.423 e. The van der Waals surface area contributed by atoms with E-state index in [1.807, 2.05) is 6.07 Å². The summed E-state index contributed by atoms with van der Waals surface area (Å²) in [5.74, 6) is 0. The van der Waals surface area contributed by atoms with Crippen molar-refractivity contribution in [2.75, 3.05) is 0 Å². The molecule has 0 aromatic heterocycles. The second kappa shape index (κ2) is 6.68. The standard InChI is InChI=1S/C6H6BBrO2.C6H14O2/c8-6-4-2-1-3-5(6)7(9)10;1-5(2,7)6(3,4)8/h1-4,9-10H;7-8H,1-4H3. The Morgan fingerprint density at radius 3 is 1.56 bits per heavy atom. The van der Waals surface area contributed by atoms with Crippen molar-refractivity contribution in [2.45, 2.75) is 38.9 Å². The molecule has 102 valence electrons. The number of rotatable bonds is 2. The number of hydrogen-bond donors (Lipinski definition) is 4. The molecule has 0 unspecified atom stereocenters. The van der Waals surface area contributed by atoms with Gasteiger partial charge < -0.3 is 20.3 Å². The van der Waals surface area contributed by atoms with Crippen LogP contribution < -0.4 is 5.46 Å². The molecule has 0 saturated heterocycles. The van der Waals surface area contributed by atoms with E-state index in [9.17, 15) is 0 Å². The predicted octanol–water partition coefficient (Wildman–Crippen LogP) is 0.657. The summed E-state index contributed by atoms with van der Waals surface area (Å²) in [6.07, 6.45) is 0. The summed E-state index contributed by atoms with van der Waals surface area (Å²) in [5, 5.41) is 35.7. The van der Waals surface area contributed by atoms with Gasteiger partial charge in [0.2, 0.25) is 0 Å². The Kier molecular flexibility index (Phi) is 6.53. The quantitative estimate of drug-likeness (QED) is 0.604. The Hall–Kier alpha value is -0.395. The fourth-order valence-corrected chi connectivity index (χ4v) is 1.17. The van der Waals surface area contributed by atoms with Gasteiger partial charge in [-0.15, -0.1) is 0 Å². The fraction of sp³-hybridized carbons (Fsp3) is 0.500. The number of aliphatic hydroxyl groups is 2. The lowest BCUT2D eigenvalue weighted by molar-refractivity contribution is -0.107. The van der Waals surface area contributed by atoms with Crippen LogP contribution in [-0.4, -0.2) is 38.6 Å². The lowest BCUT2D eigenvalue weighted by Gasteiger charge is -2.31. The molecule has 0 aliphatic rings. The van der Waals surface area contributed by atoms with Gasteiger partial charge in [0.05, 0.1) is 11.2 Å². The van der Waals surface area contributed by atoms with Crippen molar-refractivity contribution < 1.29 is 20.3 Å². The van der Waals surface area contributed by atoms with E-state index in [1.54, 1.807) is 45.9 Å². The largest absolute Gasteiger partial charge is 0.489 e. The highest BCUT2D eigenvalue weighted by Crippen LogP contribution is 2.19. The van der Waals surface area contributed by atoms with Crippen molar-refractivity contribution >= 4 is 28.5 Å². The van der Waals surface area contributed by atoms with Gasteiger partial charge in [0, 0.05) is 4.47 Å². The van der Waals surface area contributed by atoms with Gasteiger partial charge in [-0.2, -0.15) is 0 Å². The van der Waals surface area contributed by atoms with E-state index in [1.165, 1.54) is 0 Å². The highest BCUT2D eigenvalue weighted by atomic mass is 79.9. The molecular weight excluding hydrogens is 299 g/mol. The molecule has 0 aliphatic heterocycles. The first kappa shape index (κ1) is 17.6. The van der Waals surface area contributed by atoms with Gasteiger partial charge in [-0.05, 0) is 39.2 Å². The molecule has 0 heterocycles. The van der Waals surface area contributed by atoms with E-state index >= 15 is 0 Å². The molecule has 0 fully saturated rings. The molecule has 0 spiro atoms. The van der Waals surface area contributed by atoms with Crippen molar-refractivity contribution in [3.63, 3.8) is 0 Å². The Balaban J connectivity index is 0.000000331. The van der Waals surface area contributed by atoms with Crippen molar-refractivity contribution in [3.05, 3.63) is 28.7 Å². The van der Waals surface area contributed by atoms with Crippen molar-refractivity contribution in [2.24, 2.45) is 0 Å². The molecule has 0 radical (unpaired) electrons. The Labute approximate surface area is 117 Å². The Morgan fingerprint density at radius 1 is 0.944 bits per heavy atom. The monoisotopic (exact) mass is 318 g/mol. The van der Waals surface area contributed by atoms with E-state index in [4.69, 9.17) is 20.3 Å². The number of hydrogen-bond acceptors (Lipinski definition) is 4. The molecule has 1 aromatic carbocycles. The van der Waals surface area contributed by atoms with E-state index in [2.05, 4.69) is 15.9 Å². The van der Waals surface area contributed by atoms with E-state index in [-0.39, 0.29) is 0 Å². The molecule has 4 nitrogen and oxygen atoms in total. The first-order valence-electron chi connectivity index (χ1n) is 5.52. The molecular formula is C12H20BBrO4. The van der Waals surface area contributed by atoms with Crippen LogP contribution in [0.4, 0.5) is 0 Å². The molecule has 6 heteroatoms. The second-order valence-corrected chi connectivity index (χ2v) is 5.87. The number of benzene rings is 1. The minimum atomic E-state index is -1.39. The van der Waals surface area contributed by atoms with E-state index < -0.39 is 18.3 Å². The van der Waals surface area contributed by atoms with Crippen LogP contribution in [0.25, 0.3) is 0 Å². The maximum Gasteiger partial charge on any atom is 0.489 e. The third kappa shape index (κ3) is 5.97. The maximum atomic E-state index is 9.10. The summed E-state index contributed by atoms with van der Waals surface area (Å²) in [5.41, 5.74) is -1.53. The molecule has 1 rings (SSSR count). The fourth-order valence-electron chi connectivity index (χ4n) is 0.684. The van der Waals surface area contributed by atoms with Crippen LogP contribution in [0.5, 0.6) is 0 Å². The van der Waals surface area contributed by atoms with Gasteiger partial charge in [0.1, 0.15) is 0 Å². The highest BCUT2D eigenvalue weighted by molar-refractivity contribution is 9.10. The first-order chi connectivity index (χ1) is 7.97. The second-order valence-electron chi connectivity index (χ2n) is 5.01. The Morgan fingerprint density at radius 2 is 1.33 bits per heavy atom. The van der Waals surface area contributed by atoms with Gasteiger partial charge >= 0.3 is 7.12 Å². The maximum absolute atomic E-state index is 9.10. The van der Waals surface area contributed by atoms with Crippen LogP contribution in [0.2, 0.25) is 0 Å². The normalized spacial score (nSPS) is 11.6. The molecule has 4 N–H and O–H groups in total. The lowest BCUT2D eigenvalue weighted by atomic mass is 9.80. The zero-order valence-electron chi connectivity index (χ0n) is 11.1. The molecule has 0 aliphatic carbocycles. The zero-order chi connectivity index (χ0) is 14.6. The minimum absolute atomic E-state index is 0.488. The van der Waals surface area contributed by atoms with Gasteiger partial charge in [-0.3, -0.25) is 0 Å². The van der Waals surface area contributed by atoms with Crippen LogP contribution in [0, 0.1) is 0 Å². The lowest BCUT2D eigenvalue weighted by Crippen LogP contribution is -2.44. The first-order valence-corrected chi connectivity index (χ1v) is 6.31. The van der Waals surface area contributed by atoms with E-state index in [0.717, 1.165) is 0 Å². The third-order valence-corrected chi connectivity index (χ3v) is 3.40. The van der Waals surface area contributed by atoms with Crippen LogP contribution in [0.3, 0.4) is 0 Å². The van der Waals surface area contributed by atoms with Crippen LogP contribution in [0.15, 0.2) is 28.7 Å². The van der Waals surface area contributed by atoms with Gasteiger partial charge in [-0.1, -0.05) is 34.1 Å². The topological polar surface area (TPSA) is 80.9 Å². The predicted molar refractivity (Wildman–Crippen MR) is 76.6 cm³/mol. The van der Waals surface area contributed by atoms with E-state index in [0.29, 0.717) is 9.94 Å². The number of halogens is 1. The molecule has 0 bridgehead atoms. The highest BCUT2D eigenvalue weighted by Gasteiger charge is 2.31. The van der Waals surface area contributed by atoms with Gasteiger partial charge in [0.15, 0.2) is 0 Å². The summed E-state index contributed by atoms with van der Waals surface area (Å²) in [6.45, 7) is 6.31. The van der Waals surface area contributed by atoms with Crippen molar-refractivity contribution in [1.82, 2.24) is 0 Å². The summed E-state index contributed by atoms with van der Waals surface area (Å²) in [4.78, 5) is 0. The van der Waals surface area contributed by atoms with Crippen molar-refractivity contribution in [1.29, 1.82) is 0 Å². The average molecular weight is 319 g/mol. The van der Waals surface area contributed by atoms with Crippen LogP contribution in [-0.2, 0) is 0 Å². The van der Waals surface area contributed by atoms with Crippen LogP contribution >= 0.6 is 15.9 Å². The SMILES string of the molecule is CC(C)(O)C(C)(C)O.OB(O)c1ccccc1Br. The molecule has 1 aromatic rings. The molecule has 0 saturated carbocycles. The Bertz CT molecular complexity index is 357. The van der Waals surface area contributed by atoms with Gasteiger partial charge in [-0.25, -0.2) is 0 Å². The van der Waals surface area contributed by atoms with Gasteiger partial charge in [0.25, 0.3) is 0 Å².